The molecule has 67 heavy (non-hydrogen) atoms. The maximum absolute atomic E-state index is 10.3. The van der Waals surface area contributed by atoms with E-state index in [-0.39, 0.29) is 20.1 Å². The molecule has 0 saturated heterocycles. The maximum atomic E-state index is 10.3. The van der Waals surface area contributed by atoms with Gasteiger partial charge in [0.1, 0.15) is 0 Å². The summed E-state index contributed by atoms with van der Waals surface area (Å²) in [6.45, 7) is 0. The van der Waals surface area contributed by atoms with Crippen LogP contribution in [-0.4, -0.2) is 15.0 Å². The predicted molar refractivity (Wildman–Crippen MR) is 267 cm³/mol. The zero-order valence-corrected chi connectivity index (χ0v) is 39.1. The van der Waals surface area contributed by atoms with E-state index in [2.05, 4.69) is 161 Å². The Morgan fingerprint density at radius 2 is 0.851 bits per heavy atom. The van der Waals surface area contributed by atoms with E-state index in [1.165, 1.54) is 27.8 Å². The first-order valence-corrected chi connectivity index (χ1v) is 22.3. The van der Waals surface area contributed by atoms with E-state index in [4.69, 9.17) is 0 Å². The Kier molecular flexibility index (Phi) is 13.9. The molecule has 4 nitrogen and oxygen atoms in total. The number of aromatic nitrogens is 3. The number of aryl methyl sites for hydroxylation is 4. The van der Waals surface area contributed by atoms with Crippen LogP contribution in [0, 0.1) is 29.5 Å². The van der Waals surface area contributed by atoms with Gasteiger partial charge >= 0.3 is 20.1 Å². The summed E-state index contributed by atoms with van der Waals surface area (Å²) >= 11 is 0. The summed E-state index contributed by atoms with van der Waals surface area (Å²) in [6.07, 6.45) is 8.82. The molecule has 3 aromatic heterocycles. The second-order valence-corrected chi connectivity index (χ2v) is 16.4. The van der Waals surface area contributed by atoms with Crippen molar-refractivity contribution in [2.24, 2.45) is 0 Å². The monoisotopic (exact) mass is 1040 g/mol. The molecule has 0 atom stereocenters. The topological polar surface area (TPSA) is 62.5 Å². The van der Waals surface area contributed by atoms with Crippen LogP contribution in [-0.2, 0) is 45.8 Å². The minimum atomic E-state index is 0. The third kappa shape index (κ3) is 10.5. The normalized spacial score (nSPS) is 10.8. The second kappa shape index (κ2) is 21.0. The van der Waals surface area contributed by atoms with E-state index in [0.29, 0.717) is 5.56 Å². The fourth-order valence-electron chi connectivity index (χ4n) is 8.56. The van der Waals surface area contributed by atoms with E-state index >= 15 is 0 Å². The molecule has 7 aromatic carbocycles. The number of hydrogen-bond acceptors (Lipinski definition) is 4. The van der Waals surface area contributed by atoms with Gasteiger partial charge in [-0.15, -0.1) is 94.5 Å². The molecule has 0 aliphatic rings. The minimum Gasteiger partial charge on any atom is -0.305 e. The van der Waals surface area contributed by atoms with Crippen LogP contribution in [0.25, 0.3) is 78.3 Å². The molecule has 0 N–H and O–H groups in total. The first-order chi connectivity index (χ1) is 32.6. The van der Waals surface area contributed by atoms with E-state index in [1.807, 2.05) is 91.4 Å². The molecule has 0 unspecified atom stereocenters. The van der Waals surface area contributed by atoms with Crippen molar-refractivity contribution in [3.8, 4) is 84.3 Å². The summed E-state index contributed by atoms with van der Waals surface area (Å²) in [5.41, 5.74) is 19.7. The van der Waals surface area contributed by atoms with Crippen LogP contribution in [0.15, 0.2) is 213 Å². The van der Waals surface area contributed by atoms with E-state index in [0.717, 1.165) is 98.4 Å². The Labute approximate surface area is 406 Å². The molecule has 0 radical (unpaired) electrons. The Bertz CT molecular complexity index is 3150. The Hall–Kier alpha value is -7.87. The van der Waals surface area contributed by atoms with Crippen LogP contribution in [0.4, 0.5) is 0 Å². The van der Waals surface area contributed by atoms with Gasteiger partial charge in [0.25, 0.3) is 0 Å². The average molecular weight is 1040 g/mol. The van der Waals surface area contributed by atoms with Gasteiger partial charge in [-0.1, -0.05) is 145 Å². The van der Waals surface area contributed by atoms with Crippen molar-refractivity contribution >= 4 is 0 Å². The fourth-order valence-corrected chi connectivity index (χ4v) is 8.56. The fraction of sp³-hybridized carbons (Fsp3) is 0.0645. The van der Waals surface area contributed by atoms with Crippen molar-refractivity contribution in [1.82, 2.24) is 15.0 Å². The first kappa shape index (κ1) is 44.3. The SMILES string of the molecule is N#Cc1ccc(-c2c[c-]c(-c3ccccn3)cc2-c2ccc(-c3ccccc3)cc2)c(-c2cc(CCc3c[c-]c(-c4ccccn4)cc3)cc(CCc3c[c-]c(-c4ccccn4)cc3)c2)c1.[Ir+3]. The predicted octanol–water partition coefficient (Wildman–Crippen LogP) is 14.4. The van der Waals surface area contributed by atoms with Gasteiger partial charge in [0.2, 0.25) is 0 Å². The number of hydrogen-bond donors (Lipinski definition) is 0. The summed E-state index contributed by atoms with van der Waals surface area (Å²) in [5.74, 6) is 0. The van der Waals surface area contributed by atoms with Crippen LogP contribution in [0.2, 0.25) is 0 Å². The molecule has 0 fully saturated rings. The maximum Gasteiger partial charge on any atom is 3.00 e. The molecular weight excluding hydrogens is 993 g/mol. The largest absolute Gasteiger partial charge is 3.00 e. The molecular formula is C62H43IrN4. The third-order valence-corrected chi connectivity index (χ3v) is 12.0. The summed E-state index contributed by atoms with van der Waals surface area (Å²) < 4.78 is 0. The van der Waals surface area contributed by atoms with Gasteiger partial charge < -0.3 is 15.0 Å². The van der Waals surface area contributed by atoms with Crippen molar-refractivity contribution in [1.29, 1.82) is 5.26 Å². The molecule has 0 aliphatic carbocycles. The van der Waals surface area contributed by atoms with Crippen molar-refractivity contribution in [2.75, 3.05) is 0 Å². The molecule has 3 heterocycles. The molecule has 0 amide bonds. The number of pyridine rings is 3. The molecule has 320 valence electrons. The average Bonchev–Trinajstić information content (AvgIpc) is 3.40. The molecule has 0 aliphatic heterocycles. The molecule has 10 rings (SSSR count). The number of benzene rings is 7. The zero-order chi connectivity index (χ0) is 44.5. The summed E-state index contributed by atoms with van der Waals surface area (Å²) in [7, 11) is 0. The number of rotatable bonds is 13. The van der Waals surface area contributed by atoms with Gasteiger partial charge in [0, 0.05) is 18.6 Å². The smallest absolute Gasteiger partial charge is 0.305 e. The Morgan fingerprint density at radius 3 is 1.37 bits per heavy atom. The van der Waals surface area contributed by atoms with E-state index < -0.39 is 0 Å². The van der Waals surface area contributed by atoms with Crippen molar-refractivity contribution in [3.63, 3.8) is 0 Å². The second-order valence-electron chi connectivity index (χ2n) is 16.4. The summed E-state index contributed by atoms with van der Waals surface area (Å²) in [4.78, 5) is 13.7. The molecule has 5 heteroatoms. The Morgan fingerprint density at radius 1 is 0.358 bits per heavy atom. The van der Waals surface area contributed by atoms with Crippen molar-refractivity contribution in [3.05, 3.63) is 259 Å². The van der Waals surface area contributed by atoms with Gasteiger partial charge in [-0.05, 0) is 99.2 Å². The van der Waals surface area contributed by atoms with Crippen molar-refractivity contribution < 1.29 is 20.1 Å². The summed E-state index contributed by atoms with van der Waals surface area (Å²) in [6, 6.07) is 80.2. The van der Waals surface area contributed by atoms with Crippen LogP contribution >= 0.6 is 0 Å². The molecule has 10 aromatic rings. The standard InChI is InChI=1S/C62H43N4.Ir/c63-43-48-23-33-56(57-34-32-54(62-14-6-9-37-66-62)42-59(57)51-30-28-50(29-31-51)49-10-2-1-3-11-49)58(41-48)55-39-46(17-15-44-19-24-52(25-20-44)60-12-4-7-35-64-60)38-47(40-55)18-16-45-21-26-53(27-22-45)61-13-5-8-36-65-61;/h1-14,19-24,26,28-31,33-42H,15-18H2;/q-3;+3. The first-order valence-electron chi connectivity index (χ1n) is 22.3. The number of nitrogens with zero attached hydrogens (tertiary/aromatic N) is 4. The van der Waals surface area contributed by atoms with Crippen LogP contribution in [0.1, 0.15) is 27.8 Å². The molecule has 0 saturated carbocycles. The molecule has 0 bridgehead atoms. The Balaban J connectivity index is 0.00000562. The third-order valence-electron chi connectivity index (χ3n) is 12.0. The number of nitriles is 1. The van der Waals surface area contributed by atoms with E-state index in [9.17, 15) is 5.26 Å². The van der Waals surface area contributed by atoms with Crippen molar-refractivity contribution in [2.45, 2.75) is 25.7 Å². The van der Waals surface area contributed by atoms with Crippen LogP contribution in [0.5, 0.6) is 0 Å². The zero-order valence-electron chi connectivity index (χ0n) is 36.7. The van der Waals surface area contributed by atoms with Gasteiger partial charge in [0.05, 0.1) is 11.6 Å². The van der Waals surface area contributed by atoms with Gasteiger partial charge in [-0.25, -0.2) is 0 Å². The van der Waals surface area contributed by atoms with E-state index in [1.54, 1.807) is 0 Å². The molecule has 0 spiro atoms. The van der Waals surface area contributed by atoms with Gasteiger partial charge in [-0.2, -0.15) is 5.26 Å². The van der Waals surface area contributed by atoms with Crippen LogP contribution in [0.3, 0.4) is 0 Å². The minimum absolute atomic E-state index is 0. The quantitative estimate of drug-likeness (QED) is 0.108. The van der Waals surface area contributed by atoms with Gasteiger partial charge in [0.15, 0.2) is 0 Å². The summed E-state index contributed by atoms with van der Waals surface area (Å²) in [5, 5.41) is 10.3. The van der Waals surface area contributed by atoms with Gasteiger partial charge in [-0.3, -0.25) is 0 Å². The van der Waals surface area contributed by atoms with Crippen LogP contribution < -0.4 is 0 Å².